The van der Waals surface area contributed by atoms with Crippen LogP contribution in [0.4, 0.5) is 5.82 Å². The van der Waals surface area contributed by atoms with Crippen LogP contribution < -0.4 is 5.32 Å². The fourth-order valence-electron chi connectivity index (χ4n) is 3.17. The summed E-state index contributed by atoms with van der Waals surface area (Å²) >= 11 is 13.8. The number of hydrogen-bond donors (Lipinski definition) is 1. The van der Waals surface area contributed by atoms with E-state index in [2.05, 4.69) is 18.3 Å². The number of nitrogens with zero attached hydrogens (tertiary/aromatic N) is 2. The van der Waals surface area contributed by atoms with E-state index >= 15 is 0 Å². The van der Waals surface area contributed by atoms with Gasteiger partial charge in [0.15, 0.2) is 0 Å². The largest absolute Gasteiger partial charge is 0.370 e. The first-order valence-corrected chi connectivity index (χ1v) is 9.59. The Morgan fingerprint density at radius 1 is 1.17 bits per heavy atom. The zero-order chi connectivity index (χ0) is 16.7. The highest BCUT2D eigenvalue weighted by Crippen LogP contribution is 2.38. The zero-order valence-corrected chi connectivity index (χ0v) is 15.6. The molecule has 0 saturated heterocycles. The van der Waals surface area contributed by atoms with Gasteiger partial charge in [-0.3, -0.25) is 0 Å². The lowest BCUT2D eigenvalue weighted by molar-refractivity contribution is 0.780. The summed E-state index contributed by atoms with van der Waals surface area (Å²) in [5.41, 5.74) is 4.47. The first-order chi connectivity index (χ1) is 11.6. The van der Waals surface area contributed by atoms with Crippen LogP contribution in [0.15, 0.2) is 30.3 Å². The summed E-state index contributed by atoms with van der Waals surface area (Å²) in [6.45, 7) is 3.03. The van der Waals surface area contributed by atoms with Crippen molar-refractivity contribution in [2.24, 2.45) is 0 Å². The Hall–Kier alpha value is -1.49. The molecular formula is C18H17Cl2N3S. The van der Waals surface area contributed by atoms with Gasteiger partial charge in [-0.15, -0.1) is 11.3 Å². The number of rotatable bonds is 2. The number of aromatic nitrogens is 2. The Kier molecular flexibility index (Phi) is 4.29. The molecule has 24 heavy (non-hydrogen) atoms. The normalized spacial score (nSPS) is 14.1. The Balaban J connectivity index is 1.92. The Morgan fingerprint density at radius 2 is 2.04 bits per heavy atom. The maximum atomic E-state index is 6.15. The molecule has 1 aliphatic rings. The smallest absolute Gasteiger partial charge is 0.133 e. The molecule has 0 bridgehead atoms. The number of fused-ring (bicyclic) bond motifs is 1. The molecule has 2 aromatic heterocycles. The van der Waals surface area contributed by atoms with E-state index < -0.39 is 0 Å². The van der Waals surface area contributed by atoms with E-state index in [0.717, 1.165) is 56.4 Å². The molecule has 1 aliphatic heterocycles. The summed E-state index contributed by atoms with van der Waals surface area (Å²) in [5.74, 6) is 1.09. The van der Waals surface area contributed by atoms with E-state index in [-0.39, 0.29) is 0 Å². The predicted octanol–water partition coefficient (Wildman–Crippen LogP) is 5.96. The standard InChI is InChI=1S/C18H17Cl2N3S/c1-11-10-12(19)5-6-14(11)23-18-13(4-2-3-9-21-18)17(22-23)15-7-8-16(20)24-15/h5-8,10,21H,2-4,9H2,1H3. The number of aryl methyl sites for hydroxylation is 1. The van der Waals surface area contributed by atoms with Gasteiger partial charge in [0.2, 0.25) is 0 Å². The van der Waals surface area contributed by atoms with Gasteiger partial charge in [0.05, 0.1) is 14.9 Å². The lowest BCUT2D eigenvalue weighted by Gasteiger charge is -2.11. The monoisotopic (exact) mass is 377 g/mol. The Labute approximate surface area is 155 Å². The first kappa shape index (κ1) is 16.0. The van der Waals surface area contributed by atoms with Crippen molar-refractivity contribution in [3.8, 4) is 16.3 Å². The van der Waals surface area contributed by atoms with E-state index in [1.165, 1.54) is 12.0 Å². The molecule has 0 fully saturated rings. The molecule has 124 valence electrons. The summed E-state index contributed by atoms with van der Waals surface area (Å²) < 4.78 is 2.81. The molecule has 4 rings (SSSR count). The van der Waals surface area contributed by atoms with Gasteiger partial charge in [-0.05, 0) is 62.1 Å². The van der Waals surface area contributed by atoms with E-state index in [9.17, 15) is 0 Å². The maximum Gasteiger partial charge on any atom is 0.133 e. The second-order valence-corrected chi connectivity index (χ2v) is 8.16. The molecular weight excluding hydrogens is 361 g/mol. The van der Waals surface area contributed by atoms with Crippen LogP contribution in [0.5, 0.6) is 0 Å². The second-order valence-electron chi connectivity index (χ2n) is 6.01. The van der Waals surface area contributed by atoms with Crippen molar-refractivity contribution in [3.63, 3.8) is 0 Å². The summed E-state index contributed by atoms with van der Waals surface area (Å²) in [6, 6.07) is 9.91. The fraction of sp³-hybridized carbons (Fsp3) is 0.278. The highest BCUT2D eigenvalue weighted by atomic mass is 35.5. The van der Waals surface area contributed by atoms with E-state index in [0.29, 0.717) is 0 Å². The second kappa shape index (κ2) is 6.43. The summed E-state index contributed by atoms with van der Waals surface area (Å²) in [5, 5.41) is 9.25. The SMILES string of the molecule is Cc1cc(Cl)ccc1-n1nc(-c2ccc(Cl)s2)c2c1NCCCC2. The predicted molar refractivity (Wildman–Crippen MR) is 103 cm³/mol. The minimum atomic E-state index is 0.743. The van der Waals surface area contributed by atoms with Gasteiger partial charge >= 0.3 is 0 Å². The van der Waals surface area contributed by atoms with Gasteiger partial charge in [-0.25, -0.2) is 4.68 Å². The van der Waals surface area contributed by atoms with E-state index in [1.54, 1.807) is 11.3 Å². The van der Waals surface area contributed by atoms with Crippen LogP contribution in [0.1, 0.15) is 24.0 Å². The highest BCUT2D eigenvalue weighted by molar-refractivity contribution is 7.19. The van der Waals surface area contributed by atoms with Crippen molar-refractivity contribution in [3.05, 3.63) is 50.8 Å². The van der Waals surface area contributed by atoms with Crippen LogP contribution in [0.2, 0.25) is 9.36 Å². The molecule has 0 saturated carbocycles. The Bertz CT molecular complexity index is 898. The van der Waals surface area contributed by atoms with Gasteiger partial charge in [-0.2, -0.15) is 5.10 Å². The van der Waals surface area contributed by atoms with Crippen molar-refractivity contribution in [2.75, 3.05) is 11.9 Å². The maximum absolute atomic E-state index is 6.15. The Morgan fingerprint density at radius 3 is 2.79 bits per heavy atom. The lowest BCUT2D eigenvalue weighted by atomic mass is 10.1. The van der Waals surface area contributed by atoms with Crippen LogP contribution in [0.3, 0.4) is 0 Å². The fourth-order valence-corrected chi connectivity index (χ4v) is 4.45. The average Bonchev–Trinajstić information content (AvgIpc) is 3.03. The molecule has 0 spiro atoms. The van der Waals surface area contributed by atoms with Crippen molar-refractivity contribution in [1.29, 1.82) is 0 Å². The van der Waals surface area contributed by atoms with Crippen LogP contribution in [-0.4, -0.2) is 16.3 Å². The van der Waals surface area contributed by atoms with Gasteiger partial charge < -0.3 is 5.32 Å². The number of benzene rings is 1. The number of nitrogens with one attached hydrogen (secondary N) is 1. The highest BCUT2D eigenvalue weighted by Gasteiger charge is 2.23. The summed E-state index contributed by atoms with van der Waals surface area (Å²) in [6.07, 6.45) is 3.36. The van der Waals surface area contributed by atoms with E-state index in [4.69, 9.17) is 28.3 Å². The van der Waals surface area contributed by atoms with Crippen LogP contribution in [0.25, 0.3) is 16.3 Å². The number of anilines is 1. The van der Waals surface area contributed by atoms with Crippen LogP contribution in [0, 0.1) is 6.92 Å². The zero-order valence-electron chi connectivity index (χ0n) is 13.3. The number of hydrogen-bond acceptors (Lipinski definition) is 3. The molecule has 0 unspecified atom stereocenters. The molecule has 0 aliphatic carbocycles. The molecule has 0 atom stereocenters. The van der Waals surface area contributed by atoms with Gasteiger partial charge in [0.25, 0.3) is 0 Å². The topological polar surface area (TPSA) is 29.9 Å². The average molecular weight is 378 g/mol. The van der Waals surface area contributed by atoms with Crippen molar-refractivity contribution < 1.29 is 0 Å². The van der Waals surface area contributed by atoms with E-state index in [1.807, 2.05) is 28.9 Å². The third-order valence-corrected chi connectivity index (χ3v) is 5.80. The summed E-state index contributed by atoms with van der Waals surface area (Å²) in [7, 11) is 0. The molecule has 1 N–H and O–H groups in total. The molecule has 6 heteroatoms. The third kappa shape index (κ3) is 2.83. The van der Waals surface area contributed by atoms with Crippen LogP contribution in [-0.2, 0) is 6.42 Å². The van der Waals surface area contributed by atoms with Gasteiger partial charge in [0.1, 0.15) is 11.5 Å². The van der Waals surface area contributed by atoms with Crippen molar-refractivity contribution >= 4 is 40.4 Å². The third-order valence-electron chi connectivity index (χ3n) is 4.32. The summed E-state index contributed by atoms with van der Waals surface area (Å²) in [4.78, 5) is 1.12. The quantitative estimate of drug-likeness (QED) is 0.596. The molecule has 0 amide bonds. The van der Waals surface area contributed by atoms with Crippen LogP contribution >= 0.6 is 34.5 Å². The lowest BCUT2D eigenvalue weighted by Crippen LogP contribution is -2.08. The van der Waals surface area contributed by atoms with Gasteiger partial charge in [0, 0.05) is 17.1 Å². The minimum Gasteiger partial charge on any atom is -0.370 e. The molecule has 1 aromatic carbocycles. The molecule has 3 aromatic rings. The van der Waals surface area contributed by atoms with Crippen molar-refractivity contribution in [1.82, 2.24) is 9.78 Å². The molecule has 3 heterocycles. The van der Waals surface area contributed by atoms with Crippen molar-refractivity contribution in [2.45, 2.75) is 26.2 Å². The minimum absolute atomic E-state index is 0.743. The van der Waals surface area contributed by atoms with Gasteiger partial charge in [-0.1, -0.05) is 23.2 Å². The first-order valence-electron chi connectivity index (χ1n) is 8.01. The number of halogens is 2. The molecule has 0 radical (unpaired) electrons. The number of thiophene rings is 1. The molecule has 3 nitrogen and oxygen atoms in total.